The minimum absolute atomic E-state index is 0.507. The third-order valence-electron chi connectivity index (χ3n) is 1.18. The first-order chi connectivity index (χ1) is 4.25. The molecule has 0 saturated heterocycles. The predicted molar refractivity (Wildman–Crippen MR) is 35.8 cm³/mol. The molecule has 0 saturated carbocycles. The standard InChI is InChI=1S/C6H6ClNO/c1-8-3-2-5(7)6(8)4-9/h2-4H,1H3. The van der Waals surface area contributed by atoms with Crippen LogP contribution >= 0.6 is 11.6 Å². The van der Waals surface area contributed by atoms with Gasteiger partial charge in [-0.2, -0.15) is 0 Å². The Balaban J connectivity index is 3.22. The maximum Gasteiger partial charge on any atom is 0.167 e. The lowest BCUT2D eigenvalue weighted by Gasteiger charge is -1.90. The average Bonchev–Trinajstić information content (AvgIpc) is 2.12. The van der Waals surface area contributed by atoms with E-state index < -0.39 is 0 Å². The van der Waals surface area contributed by atoms with Crippen LogP contribution in [0.15, 0.2) is 12.3 Å². The third kappa shape index (κ3) is 0.980. The SMILES string of the molecule is Cn1ccc(Cl)c1C=O. The second-order valence-corrected chi connectivity index (χ2v) is 2.18. The smallest absolute Gasteiger partial charge is 0.167 e. The maximum atomic E-state index is 10.2. The van der Waals surface area contributed by atoms with Gasteiger partial charge in [-0.3, -0.25) is 4.79 Å². The highest BCUT2D eigenvalue weighted by atomic mass is 35.5. The molecule has 1 rings (SSSR count). The van der Waals surface area contributed by atoms with E-state index in [0.29, 0.717) is 10.7 Å². The highest BCUT2D eigenvalue weighted by molar-refractivity contribution is 6.32. The molecule has 0 aliphatic carbocycles. The molecule has 0 aliphatic rings. The van der Waals surface area contributed by atoms with Crippen LogP contribution < -0.4 is 0 Å². The highest BCUT2D eigenvalue weighted by Gasteiger charge is 2.00. The van der Waals surface area contributed by atoms with Crippen molar-refractivity contribution < 1.29 is 4.79 Å². The number of aromatic nitrogens is 1. The molecule has 2 nitrogen and oxygen atoms in total. The van der Waals surface area contributed by atoms with Gasteiger partial charge in [-0.25, -0.2) is 0 Å². The Morgan fingerprint density at radius 2 is 2.44 bits per heavy atom. The summed E-state index contributed by atoms with van der Waals surface area (Å²) in [4.78, 5) is 10.2. The highest BCUT2D eigenvalue weighted by Crippen LogP contribution is 2.12. The number of nitrogens with zero attached hydrogens (tertiary/aromatic N) is 1. The van der Waals surface area contributed by atoms with Crippen molar-refractivity contribution in [2.24, 2.45) is 7.05 Å². The average molecular weight is 144 g/mol. The van der Waals surface area contributed by atoms with Crippen molar-refractivity contribution in [2.75, 3.05) is 0 Å². The summed E-state index contributed by atoms with van der Waals surface area (Å²) in [5, 5.41) is 0.507. The fraction of sp³-hybridized carbons (Fsp3) is 0.167. The molecule has 0 aliphatic heterocycles. The molecule has 1 aromatic heterocycles. The summed E-state index contributed by atoms with van der Waals surface area (Å²) in [5.41, 5.74) is 0.525. The van der Waals surface area contributed by atoms with Crippen LogP contribution in [0.2, 0.25) is 5.02 Å². The van der Waals surface area contributed by atoms with E-state index in [-0.39, 0.29) is 0 Å². The number of carbonyl (C=O) groups is 1. The number of halogens is 1. The van der Waals surface area contributed by atoms with Crippen molar-refractivity contribution in [3.63, 3.8) is 0 Å². The number of aryl methyl sites for hydroxylation is 1. The lowest BCUT2D eigenvalue weighted by atomic mass is 10.5. The summed E-state index contributed by atoms with van der Waals surface area (Å²) >= 11 is 5.59. The fourth-order valence-electron chi connectivity index (χ4n) is 0.651. The molecule has 0 radical (unpaired) electrons. The summed E-state index contributed by atoms with van der Waals surface area (Å²) in [6.07, 6.45) is 2.48. The quantitative estimate of drug-likeness (QED) is 0.546. The first-order valence-corrected chi connectivity index (χ1v) is 2.89. The molecule has 0 unspecified atom stereocenters. The van der Waals surface area contributed by atoms with Crippen molar-refractivity contribution >= 4 is 17.9 Å². The van der Waals surface area contributed by atoms with Gasteiger partial charge in [-0.05, 0) is 6.07 Å². The Hall–Kier alpha value is -0.760. The maximum absolute atomic E-state index is 10.2. The topological polar surface area (TPSA) is 22.0 Å². The number of hydrogen-bond donors (Lipinski definition) is 0. The van der Waals surface area contributed by atoms with Crippen molar-refractivity contribution in [1.29, 1.82) is 0 Å². The molecule has 0 spiro atoms. The largest absolute Gasteiger partial charge is 0.347 e. The predicted octanol–water partition coefficient (Wildman–Crippen LogP) is 1.49. The van der Waals surface area contributed by atoms with Crippen molar-refractivity contribution in [2.45, 2.75) is 0 Å². The molecule has 0 atom stereocenters. The Labute approximate surface area is 58.0 Å². The van der Waals surface area contributed by atoms with Gasteiger partial charge in [-0.1, -0.05) is 11.6 Å². The minimum atomic E-state index is 0.507. The van der Waals surface area contributed by atoms with E-state index in [2.05, 4.69) is 0 Å². The van der Waals surface area contributed by atoms with E-state index in [1.807, 2.05) is 0 Å². The van der Waals surface area contributed by atoms with Crippen LogP contribution in [0.3, 0.4) is 0 Å². The second-order valence-electron chi connectivity index (χ2n) is 1.78. The fourth-order valence-corrected chi connectivity index (χ4v) is 0.885. The van der Waals surface area contributed by atoms with Gasteiger partial charge in [0, 0.05) is 13.2 Å². The monoisotopic (exact) mass is 143 g/mol. The minimum Gasteiger partial charge on any atom is -0.347 e. The number of hydrogen-bond acceptors (Lipinski definition) is 1. The van der Waals surface area contributed by atoms with Crippen LogP contribution in [0.5, 0.6) is 0 Å². The molecule has 1 aromatic rings. The Morgan fingerprint density at radius 1 is 1.78 bits per heavy atom. The molecule has 48 valence electrons. The summed E-state index contributed by atoms with van der Waals surface area (Å²) in [6, 6.07) is 1.69. The second kappa shape index (κ2) is 2.23. The lowest BCUT2D eigenvalue weighted by molar-refractivity contribution is 0.111. The first kappa shape index (κ1) is 6.36. The van der Waals surface area contributed by atoms with E-state index in [9.17, 15) is 4.79 Å². The number of rotatable bonds is 1. The Bertz CT molecular complexity index is 209. The van der Waals surface area contributed by atoms with Crippen LogP contribution in [0.25, 0.3) is 0 Å². The molecular weight excluding hydrogens is 138 g/mol. The molecule has 0 bridgehead atoms. The van der Waals surface area contributed by atoms with E-state index >= 15 is 0 Å². The number of carbonyl (C=O) groups excluding carboxylic acids is 1. The third-order valence-corrected chi connectivity index (χ3v) is 1.50. The van der Waals surface area contributed by atoms with Crippen molar-refractivity contribution in [1.82, 2.24) is 4.57 Å². The zero-order valence-corrected chi connectivity index (χ0v) is 5.72. The van der Waals surface area contributed by atoms with Gasteiger partial charge in [0.05, 0.1) is 10.7 Å². The van der Waals surface area contributed by atoms with Crippen LogP contribution in [0.1, 0.15) is 10.5 Å². The lowest BCUT2D eigenvalue weighted by Crippen LogP contribution is -1.91. The zero-order chi connectivity index (χ0) is 6.85. The molecule has 3 heteroatoms. The number of aldehydes is 1. The van der Waals surface area contributed by atoms with Gasteiger partial charge in [0.2, 0.25) is 0 Å². The van der Waals surface area contributed by atoms with E-state index in [1.54, 1.807) is 23.9 Å². The molecular formula is C6H6ClNO. The summed E-state index contributed by atoms with van der Waals surface area (Å²) < 4.78 is 1.68. The van der Waals surface area contributed by atoms with Gasteiger partial charge in [-0.15, -0.1) is 0 Å². The summed E-state index contributed by atoms with van der Waals surface area (Å²) in [6.45, 7) is 0. The van der Waals surface area contributed by atoms with E-state index in [1.165, 1.54) is 0 Å². The Kier molecular flexibility index (Phi) is 1.58. The molecule has 0 N–H and O–H groups in total. The van der Waals surface area contributed by atoms with Crippen molar-refractivity contribution in [3.05, 3.63) is 23.0 Å². The van der Waals surface area contributed by atoms with Gasteiger partial charge >= 0.3 is 0 Å². The van der Waals surface area contributed by atoms with Gasteiger partial charge in [0.15, 0.2) is 6.29 Å². The normalized spacial score (nSPS) is 9.56. The van der Waals surface area contributed by atoms with Crippen LogP contribution in [-0.2, 0) is 7.05 Å². The van der Waals surface area contributed by atoms with Gasteiger partial charge in [0.1, 0.15) is 0 Å². The van der Waals surface area contributed by atoms with E-state index in [4.69, 9.17) is 11.6 Å². The van der Waals surface area contributed by atoms with Crippen LogP contribution in [0, 0.1) is 0 Å². The van der Waals surface area contributed by atoms with Crippen LogP contribution in [-0.4, -0.2) is 10.9 Å². The molecule has 9 heavy (non-hydrogen) atoms. The first-order valence-electron chi connectivity index (χ1n) is 2.51. The van der Waals surface area contributed by atoms with Gasteiger partial charge < -0.3 is 4.57 Å². The summed E-state index contributed by atoms with van der Waals surface area (Å²) in [7, 11) is 1.77. The molecule has 1 heterocycles. The Morgan fingerprint density at radius 3 is 2.67 bits per heavy atom. The molecule has 0 aromatic carbocycles. The van der Waals surface area contributed by atoms with Gasteiger partial charge in [0.25, 0.3) is 0 Å². The zero-order valence-electron chi connectivity index (χ0n) is 4.97. The van der Waals surface area contributed by atoms with Crippen molar-refractivity contribution in [3.8, 4) is 0 Å². The molecule has 0 fully saturated rings. The van der Waals surface area contributed by atoms with E-state index in [0.717, 1.165) is 6.29 Å². The summed E-state index contributed by atoms with van der Waals surface area (Å²) in [5.74, 6) is 0. The molecule has 0 amide bonds. The van der Waals surface area contributed by atoms with Crippen LogP contribution in [0.4, 0.5) is 0 Å².